The summed E-state index contributed by atoms with van der Waals surface area (Å²) in [6, 6.07) is 0.779. The normalized spacial score (nSPS) is 44.1. The number of alkyl halides is 1. The Bertz CT molecular complexity index is 175. The molecule has 2 heteroatoms. The van der Waals surface area contributed by atoms with E-state index in [9.17, 15) is 4.39 Å². The zero-order chi connectivity index (χ0) is 9.97. The maximum Gasteiger partial charge on any atom is 0.115 e. The molecule has 0 aromatic heterocycles. The van der Waals surface area contributed by atoms with E-state index in [4.69, 9.17) is 0 Å². The van der Waals surface area contributed by atoms with Crippen LogP contribution in [0.2, 0.25) is 0 Å². The van der Waals surface area contributed by atoms with Gasteiger partial charge >= 0.3 is 0 Å². The lowest BCUT2D eigenvalue weighted by Crippen LogP contribution is -2.42. The highest BCUT2D eigenvalue weighted by Gasteiger charge is 2.29. The van der Waals surface area contributed by atoms with Crippen LogP contribution in [0.5, 0.6) is 0 Å². The molecule has 0 aliphatic heterocycles. The second-order valence-electron chi connectivity index (χ2n) is 5.18. The van der Waals surface area contributed by atoms with Gasteiger partial charge in [-0.3, -0.25) is 0 Å². The molecule has 2 rings (SSSR count). The van der Waals surface area contributed by atoms with Crippen molar-refractivity contribution < 1.29 is 4.39 Å². The van der Waals surface area contributed by atoms with Crippen molar-refractivity contribution in [2.75, 3.05) is 0 Å². The molecule has 0 saturated heterocycles. The van der Waals surface area contributed by atoms with Crippen LogP contribution < -0.4 is 5.32 Å². The first-order valence-corrected chi connectivity index (χ1v) is 6.16. The summed E-state index contributed by atoms with van der Waals surface area (Å²) < 4.78 is 13.4. The molecular formula is C12H22FN. The molecule has 0 unspecified atom stereocenters. The fourth-order valence-corrected chi connectivity index (χ4v) is 2.83. The van der Waals surface area contributed by atoms with Gasteiger partial charge < -0.3 is 5.32 Å². The number of nitrogens with one attached hydrogen (secondary N) is 1. The Balaban J connectivity index is 1.74. The molecule has 1 N–H and O–H groups in total. The minimum atomic E-state index is -0.575. The van der Waals surface area contributed by atoms with E-state index in [0.717, 1.165) is 25.2 Å². The number of hydrogen-bond acceptors (Lipinski definition) is 1. The third kappa shape index (κ3) is 2.47. The van der Waals surface area contributed by atoms with Gasteiger partial charge in [0.05, 0.1) is 0 Å². The zero-order valence-corrected chi connectivity index (χ0v) is 9.14. The monoisotopic (exact) mass is 199 g/mol. The molecule has 0 amide bonds. The summed E-state index contributed by atoms with van der Waals surface area (Å²) in [5, 5.41) is 3.51. The van der Waals surface area contributed by atoms with E-state index in [-0.39, 0.29) is 6.04 Å². The topological polar surface area (TPSA) is 12.0 Å². The Morgan fingerprint density at radius 2 is 1.71 bits per heavy atom. The van der Waals surface area contributed by atoms with Gasteiger partial charge in [0, 0.05) is 12.1 Å². The Labute approximate surface area is 86.5 Å². The summed E-state index contributed by atoms with van der Waals surface area (Å²) in [6.45, 7) is 2.32. The predicted molar refractivity (Wildman–Crippen MR) is 57.1 cm³/mol. The molecule has 2 atom stereocenters. The largest absolute Gasteiger partial charge is 0.308 e. The molecule has 2 aliphatic rings. The average Bonchev–Trinajstić information content (AvgIpc) is 2.56. The first kappa shape index (κ1) is 10.4. The van der Waals surface area contributed by atoms with Gasteiger partial charge in [-0.1, -0.05) is 6.92 Å². The van der Waals surface area contributed by atoms with Crippen molar-refractivity contribution in [1.29, 1.82) is 0 Å². The fraction of sp³-hybridized carbons (Fsp3) is 1.00. The standard InChI is InChI=1S/C12H22FN/c1-9-5-7-10(8-6-9)14-12-4-2-3-11(12)13/h9-12,14H,2-8H2,1H3/t9?,10?,11-,12+/m0/s1. The van der Waals surface area contributed by atoms with E-state index in [1.807, 2.05) is 0 Å². The number of hydrogen-bond donors (Lipinski definition) is 1. The molecule has 0 spiro atoms. The van der Waals surface area contributed by atoms with E-state index in [0.29, 0.717) is 6.04 Å². The van der Waals surface area contributed by atoms with E-state index >= 15 is 0 Å². The lowest BCUT2D eigenvalue weighted by molar-refractivity contribution is 0.229. The zero-order valence-electron chi connectivity index (χ0n) is 9.14. The molecule has 0 bridgehead atoms. The number of rotatable bonds is 2. The Morgan fingerprint density at radius 3 is 2.29 bits per heavy atom. The van der Waals surface area contributed by atoms with Crippen LogP contribution >= 0.6 is 0 Å². The quantitative estimate of drug-likeness (QED) is 0.720. The first-order valence-electron chi connectivity index (χ1n) is 6.16. The highest BCUT2D eigenvalue weighted by molar-refractivity contribution is 4.87. The highest BCUT2D eigenvalue weighted by atomic mass is 19.1. The molecule has 0 aromatic carbocycles. The van der Waals surface area contributed by atoms with E-state index in [1.165, 1.54) is 25.7 Å². The van der Waals surface area contributed by atoms with Crippen LogP contribution in [0.15, 0.2) is 0 Å². The first-order chi connectivity index (χ1) is 6.75. The Kier molecular flexibility index (Phi) is 3.42. The molecule has 2 saturated carbocycles. The van der Waals surface area contributed by atoms with E-state index < -0.39 is 6.17 Å². The highest BCUT2D eigenvalue weighted by Crippen LogP contribution is 2.27. The average molecular weight is 199 g/mol. The fourth-order valence-electron chi connectivity index (χ4n) is 2.83. The van der Waals surface area contributed by atoms with E-state index in [2.05, 4.69) is 12.2 Å². The van der Waals surface area contributed by atoms with Crippen LogP contribution in [0.4, 0.5) is 4.39 Å². The Hall–Kier alpha value is -0.110. The van der Waals surface area contributed by atoms with Crippen LogP contribution in [0.25, 0.3) is 0 Å². The molecule has 0 heterocycles. The van der Waals surface area contributed by atoms with Crippen molar-refractivity contribution in [1.82, 2.24) is 5.32 Å². The van der Waals surface area contributed by atoms with Gasteiger partial charge in [0.2, 0.25) is 0 Å². The van der Waals surface area contributed by atoms with Gasteiger partial charge in [-0.15, -0.1) is 0 Å². The van der Waals surface area contributed by atoms with E-state index in [1.54, 1.807) is 0 Å². The molecule has 1 nitrogen and oxygen atoms in total. The predicted octanol–water partition coefficient (Wildman–Crippen LogP) is 3.05. The molecular weight excluding hydrogens is 177 g/mol. The lowest BCUT2D eigenvalue weighted by atomic mass is 9.87. The second kappa shape index (κ2) is 4.61. The van der Waals surface area contributed by atoms with Crippen LogP contribution in [-0.2, 0) is 0 Å². The summed E-state index contributed by atoms with van der Waals surface area (Å²) >= 11 is 0. The SMILES string of the molecule is CC1CCC(N[C@@H]2CCC[C@@H]2F)CC1. The third-order valence-corrected chi connectivity index (χ3v) is 3.90. The van der Waals surface area contributed by atoms with Crippen molar-refractivity contribution in [2.24, 2.45) is 5.92 Å². The summed E-state index contributed by atoms with van der Waals surface area (Å²) in [7, 11) is 0. The van der Waals surface area contributed by atoms with Crippen LogP contribution in [0.1, 0.15) is 51.9 Å². The molecule has 2 aliphatic carbocycles. The summed E-state index contributed by atoms with van der Waals surface area (Å²) in [5.41, 5.74) is 0. The van der Waals surface area contributed by atoms with Crippen LogP contribution in [0.3, 0.4) is 0 Å². The van der Waals surface area contributed by atoms with Gasteiger partial charge in [-0.2, -0.15) is 0 Å². The smallest absolute Gasteiger partial charge is 0.115 e. The summed E-state index contributed by atoms with van der Waals surface area (Å²) in [4.78, 5) is 0. The van der Waals surface area contributed by atoms with Crippen LogP contribution in [0, 0.1) is 5.92 Å². The molecule has 0 radical (unpaired) electrons. The van der Waals surface area contributed by atoms with Gasteiger partial charge in [-0.05, 0) is 50.9 Å². The molecule has 82 valence electrons. The van der Waals surface area contributed by atoms with Crippen LogP contribution in [-0.4, -0.2) is 18.3 Å². The Morgan fingerprint density at radius 1 is 1.00 bits per heavy atom. The van der Waals surface area contributed by atoms with Gasteiger partial charge in [-0.25, -0.2) is 4.39 Å². The second-order valence-corrected chi connectivity index (χ2v) is 5.18. The summed E-state index contributed by atoms with van der Waals surface area (Å²) in [6.07, 6.45) is 7.47. The van der Waals surface area contributed by atoms with Gasteiger partial charge in [0.1, 0.15) is 6.17 Å². The van der Waals surface area contributed by atoms with Crippen molar-refractivity contribution in [2.45, 2.75) is 70.1 Å². The van der Waals surface area contributed by atoms with Crippen molar-refractivity contribution in [3.8, 4) is 0 Å². The van der Waals surface area contributed by atoms with Crippen molar-refractivity contribution >= 4 is 0 Å². The van der Waals surface area contributed by atoms with Crippen molar-refractivity contribution in [3.05, 3.63) is 0 Å². The maximum atomic E-state index is 13.4. The number of halogens is 1. The minimum absolute atomic E-state index is 0.174. The summed E-state index contributed by atoms with van der Waals surface area (Å²) in [5.74, 6) is 0.887. The van der Waals surface area contributed by atoms with Gasteiger partial charge in [0.25, 0.3) is 0 Å². The maximum absolute atomic E-state index is 13.4. The third-order valence-electron chi connectivity index (χ3n) is 3.90. The van der Waals surface area contributed by atoms with Crippen molar-refractivity contribution in [3.63, 3.8) is 0 Å². The van der Waals surface area contributed by atoms with Gasteiger partial charge in [0.15, 0.2) is 0 Å². The molecule has 0 aromatic rings. The molecule has 14 heavy (non-hydrogen) atoms. The minimum Gasteiger partial charge on any atom is -0.308 e. The lowest BCUT2D eigenvalue weighted by Gasteiger charge is -2.30. The molecule has 2 fully saturated rings.